The third-order valence-corrected chi connectivity index (χ3v) is 3.71. The zero-order valence-corrected chi connectivity index (χ0v) is 9.84. The Bertz CT molecular complexity index is 449. The van der Waals surface area contributed by atoms with Gasteiger partial charge in [-0.15, -0.1) is 11.3 Å². The van der Waals surface area contributed by atoms with Crippen molar-refractivity contribution in [1.29, 1.82) is 0 Å². The lowest BCUT2D eigenvalue weighted by atomic mass is 10.1. The third-order valence-electron chi connectivity index (χ3n) is 2.58. The molecule has 86 valence electrons. The number of halogens is 1. The maximum atomic E-state index is 13.2. The molecule has 0 aliphatic carbocycles. The average Bonchev–Trinajstić information content (AvgIpc) is 2.55. The summed E-state index contributed by atoms with van der Waals surface area (Å²) < 4.78 is 13.2. The SMILES string of the molecule is Cc1cc([C@@H]2CC(=O)N(C)C(N)=N2)sc1F. The number of nitrogens with zero attached hydrogens (tertiary/aromatic N) is 2. The standard InChI is InChI=1S/C10H12FN3OS/c1-5-3-7(16-9(5)11)6-4-8(15)14(2)10(12)13-6/h3,6H,4H2,1-2H3,(H2,12,13)/t6-/m0/s1. The number of carbonyl (C=O) groups excluding carboxylic acids is 1. The van der Waals surface area contributed by atoms with Crippen LogP contribution in [-0.2, 0) is 4.79 Å². The summed E-state index contributed by atoms with van der Waals surface area (Å²) in [4.78, 5) is 17.8. The van der Waals surface area contributed by atoms with E-state index in [1.54, 1.807) is 20.0 Å². The van der Waals surface area contributed by atoms with E-state index in [2.05, 4.69) is 4.99 Å². The lowest BCUT2D eigenvalue weighted by Gasteiger charge is -2.24. The van der Waals surface area contributed by atoms with Gasteiger partial charge in [0.15, 0.2) is 11.1 Å². The Morgan fingerprint density at radius 3 is 2.88 bits per heavy atom. The van der Waals surface area contributed by atoms with E-state index in [0.29, 0.717) is 5.56 Å². The fourth-order valence-electron chi connectivity index (χ4n) is 1.53. The smallest absolute Gasteiger partial charge is 0.231 e. The molecule has 1 amide bonds. The normalized spacial score (nSPS) is 21.2. The van der Waals surface area contributed by atoms with Gasteiger partial charge in [-0.05, 0) is 18.6 Å². The fourth-order valence-corrected chi connectivity index (χ4v) is 2.47. The first kappa shape index (κ1) is 11.1. The summed E-state index contributed by atoms with van der Waals surface area (Å²) in [5.41, 5.74) is 6.19. The number of guanidine groups is 1. The van der Waals surface area contributed by atoms with Crippen LogP contribution in [0.3, 0.4) is 0 Å². The minimum Gasteiger partial charge on any atom is -0.369 e. The first-order valence-corrected chi connectivity index (χ1v) is 5.66. The quantitative estimate of drug-likeness (QED) is 0.808. The van der Waals surface area contributed by atoms with Crippen molar-refractivity contribution in [1.82, 2.24) is 4.90 Å². The molecule has 0 aromatic carbocycles. The molecule has 2 heterocycles. The van der Waals surface area contributed by atoms with Crippen LogP contribution in [0.4, 0.5) is 4.39 Å². The van der Waals surface area contributed by atoms with E-state index in [4.69, 9.17) is 5.73 Å². The molecule has 1 aromatic rings. The number of aryl methyl sites for hydroxylation is 1. The number of nitrogens with two attached hydrogens (primary N) is 1. The van der Waals surface area contributed by atoms with Crippen molar-refractivity contribution in [3.05, 3.63) is 21.6 Å². The first-order chi connectivity index (χ1) is 7.49. The Labute approximate surface area is 96.6 Å². The molecule has 0 saturated heterocycles. The van der Waals surface area contributed by atoms with E-state index in [1.807, 2.05) is 0 Å². The third kappa shape index (κ3) is 1.80. The van der Waals surface area contributed by atoms with Crippen molar-refractivity contribution < 1.29 is 9.18 Å². The van der Waals surface area contributed by atoms with Crippen LogP contribution in [0.1, 0.15) is 22.9 Å². The van der Waals surface area contributed by atoms with Crippen molar-refractivity contribution in [3.63, 3.8) is 0 Å². The Morgan fingerprint density at radius 1 is 1.69 bits per heavy atom. The summed E-state index contributed by atoms with van der Waals surface area (Å²) in [6.45, 7) is 1.69. The molecule has 2 N–H and O–H groups in total. The van der Waals surface area contributed by atoms with Gasteiger partial charge >= 0.3 is 0 Å². The van der Waals surface area contributed by atoms with Crippen molar-refractivity contribution in [2.75, 3.05) is 7.05 Å². The number of hydrogen-bond acceptors (Lipinski definition) is 4. The molecule has 0 fully saturated rings. The minimum absolute atomic E-state index is 0.0936. The van der Waals surface area contributed by atoms with Crippen molar-refractivity contribution in [3.8, 4) is 0 Å². The lowest BCUT2D eigenvalue weighted by Crippen LogP contribution is -2.42. The molecular formula is C10H12FN3OS. The number of carbonyl (C=O) groups is 1. The highest BCUT2D eigenvalue weighted by molar-refractivity contribution is 7.10. The molecule has 0 radical (unpaired) electrons. The summed E-state index contributed by atoms with van der Waals surface area (Å²) in [6.07, 6.45) is 0.247. The van der Waals surface area contributed by atoms with Crippen LogP contribution in [0.15, 0.2) is 11.1 Å². The molecule has 6 heteroatoms. The highest BCUT2D eigenvalue weighted by Gasteiger charge is 2.27. The zero-order chi connectivity index (χ0) is 11.9. The van der Waals surface area contributed by atoms with Gasteiger partial charge in [-0.3, -0.25) is 9.69 Å². The second-order valence-corrected chi connectivity index (χ2v) is 4.80. The summed E-state index contributed by atoms with van der Waals surface area (Å²) in [7, 11) is 1.58. The number of thiophene rings is 1. The molecule has 0 bridgehead atoms. The molecule has 1 atom stereocenters. The van der Waals surface area contributed by atoms with Crippen LogP contribution < -0.4 is 5.73 Å². The van der Waals surface area contributed by atoms with Gasteiger partial charge in [-0.25, -0.2) is 4.99 Å². The van der Waals surface area contributed by atoms with E-state index >= 15 is 0 Å². The summed E-state index contributed by atoms with van der Waals surface area (Å²) in [5, 5.41) is -0.227. The van der Waals surface area contributed by atoms with E-state index in [-0.39, 0.29) is 29.5 Å². The Morgan fingerprint density at radius 2 is 2.38 bits per heavy atom. The van der Waals surface area contributed by atoms with Gasteiger partial charge in [-0.1, -0.05) is 0 Å². The topological polar surface area (TPSA) is 58.7 Å². The Hall–Kier alpha value is -1.43. The number of aliphatic imine (C=N–C) groups is 1. The molecule has 2 rings (SSSR count). The van der Waals surface area contributed by atoms with Gasteiger partial charge in [0.1, 0.15) is 0 Å². The van der Waals surface area contributed by atoms with Crippen LogP contribution in [0.2, 0.25) is 0 Å². The van der Waals surface area contributed by atoms with Crippen LogP contribution in [0, 0.1) is 12.1 Å². The predicted molar refractivity (Wildman–Crippen MR) is 60.8 cm³/mol. The maximum Gasteiger partial charge on any atom is 0.231 e. The zero-order valence-electron chi connectivity index (χ0n) is 9.03. The second kappa shape index (κ2) is 3.86. The fraction of sp³-hybridized carbons (Fsp3) is 0.400. The van der Waals surface area contributed by atoms with Gasteiger partial charge in [0.2, 0.25) is 5.91 Å². The number of amides is 1. The molecule has 0 unspecified atom stereocenters. The number of rotatable bonds is 1. The largest absolute Gasteiger partial charge is 0.369 e. The first-order valence-electron chi connectivity index (χ1n) is 4.84. The second-order valence-electron chi connectivity index (χ2n) is 3.77. The molecule has 0 saturated carbocycles. The van der Waals surface area contributed by atoms with Crippen molar-refractivity contribution >= 4 is 23.2 Å². The maximum absolute atomic E-state index is 13.2. The molecule has 1 aromatic heterocycles. The lowest BCUT2D eigenvalue weighted by molar-refractivity contribution is -0.127. The Balaban J connectivity index is 2.33. The molecule has 16 heavy (non-hydrogen) atoms. The summed E-state index contributed by atoms with van der Waals surface area (Å²) >= 11 is 1.03. The molecule has 1 aliphatic rings. The highest BCUT2D eigenvalue weighted by Crippen LogP contribution is 2.32. The Kier molecular flexibility index (Phi) is 2.67. The minimum atomic E-state index is -0.336. The van der Waals surface area contributed by atoms with Crippen LogP contribution in [0.25, 0.3) is 0 Å². The van der Waals surface area contributed by atoms with Crippen molar-refractivity contribution in [2.24, 2.45) is 10.7 Å². The van der Waals surface area contributed by atoms with Gasteiger partial charge in [0, 0.05) is 11.9 Å². The predicted octanol–water partition coefficient (Wildman–Crippen LogP) is 1.41. The van der Waals surface area contributed by atoms with Gasteiger partial charge in [0.05, 0.1) is 12.5 Å². The number of hydrogen-bond donors (Lipinski definition) is 1. The van der Waals surface area contributed by atoms with Crippen LogP contribution in [0.5, 0.6) is 0 Å². The molecule has 4 nitrogen and oxygen atoms in total. The van der Waals surface area contributed by atoms with Crippen molar-refractivity contribution in [2.45, 2.75) is 19.4 Å². The van der Waals surface area contributed by atoms with E-state index in [9.17, 15) is 9.18 Å². The van der Waals surface area contributed by atoms with Crippen LogP contribution >= 0.6 is 11.3 Å². The van der Waals surface area contributed by atoms with E-state index < -0.39 is 0 Å². The highest BCUT2D eigenvalue weighted by atomic mass is 32.1. The van der Waals surface area contributed by atoms with E-state index in [1.165, 1.54) is 4.90 Å². The summed E-state index contributed by atoms with van der Waals surface area (Å²) in [5.74, 6) is 0.0941. The van der Waals surface area contributed by atoms with Gasteiger partial charge < -0.3 is 5.73 Å². The molecule has 1 aliphatic heterocycles. The monoisotopic (exact) mass is 241 g/mol. The van der Waals surface area contributed by atoms with Gasteiger partial charge in [-0.2, -0.15) is 4.39 Å². The van der Waals surface area contributed by atoms with Crippen LogP contribution in [-0.4, -0.2) is 23.8 Å². The van der Waals surface area contributed by atoms with E-state index in [0.717, 1.165) is 16.2 Å². The average molecular weight is 241 g/mol. The van der Waals surface area contributed by atoms with Gasteiger partial charge in [0.25, 0.3) is 0 Å². The molecule has 0 spiro atoms. The summed E-state index contributed by atoms with van der Waals surface area (Å²) in [6, 6.07) is 1.39. The molecular weight excluding hydrogens is 229 g/mol.